The number of rotatable bonds is 3. The Bertz CT molecular complexity index is 313. The highest BCUT2D eigenvalue weighted by Crippen LogP contribution is 2.20. The van der Waals surface area contributed by atoms with Gasteiger partial charge in [-0.1, -0.05) is 0 Å². The van der Waals surface area contributed by atoms with Gasteiger partial charge in [-0.2, -0.15) is 0 Å². The third-order valence-electron chi connectivity index (χ3n) is 3.06. The zero-order valence-corrected chi connectivity index (χ0v) is 9.89. The number of piperidine rings is 1. The van der Waals surface area contributed by atoms with Gasteiger partial charge in [-0.05, 0) is 38.8 Å². The van der Waals surface area contributed by atoms with Crippen LogP contribution in [-0.4, -0.2) is 28.7 Å². The normalized spacial score (nSPS) is 19.3. The highest BCUT2D eigenvalue weighted by molar-refractivity contribution is 7.09. The van der Waals surface area contributed by atoms with Crippen LogP contribution in [0.4, 0.5) is 0 Å². The monoisotopic (exact) mass is 223 g/mol. The van der Waals surface area contributed by atoms with Gasteiger partial charge in [0.2, 0.25) is 0 Å². The van der Waals surface area contributed by atoms with Crippen molar-refractivity contribution in [1.29, 1.82) is 5.41 Å². The van der Waals surface area contributed by atoms with Crippen molar-refractivity contribution in [3.05, 3.63) is 16.6 Å². The van der Waals surface area contributed by atoms with Crippen molar-refractivity contribution in [2.24, 2.45) is 5.92 Å². The molecule has 3 nitrogen and oxygen atoms in total. The topological polar surface area (TPSA) is 40.0 Å². The molecule has 1 aliphatic rings. The van der Waals surface area contributed by atoms with E-state index in [9.17, 15) is 0 Å². The van der Waals surface area contributed by atoms with Gasteiger partial charge in [0.1, 0.15) is 0 Å². The second kappa shape index (κ2) is 4.86. The van der Waals surface area contributed by atoms with Crippen molar-refractivity contribution in [3.8, 4) is 0 Å². The molecular formula is C11H17N3S. The van der Waals surface area contributed by atoms with Gasteiger partial charge in [0.05, 0.1) is 5.51 Å². The van der Waals surface area contributed by atoms with Crippen LogP contribution < -0.4 is 0 Å². The molecule has 2 heterocycles. The first kappa shape index (κ1) is 10.8. The van der Waals surface area contributed by atoms with E-state index in [2.05, 4.69) is 9.88 Å². The minimum Gasteiger partial charge on any atom is -0.310 e. The summed E-state index contributed by atoms with van der Waals surface area (Å²) in [4.78, 5) is 7.90. The summed E-state index contributed by atoms with van der Waals surface area (Å²) in [6.07, 6.45) is 4.25. The summed E-state index contributed by atoms with van der Waals surface area (Å²) >= 11 is 1.73. The highest BCUT2D eigenvalue weighted by atomic mass is 32.1. The van der Waals surface area contributed by atoms with E-state index in [-0.39, 0.29) is 0 Å². The Hall–Kier alpha value is -0.740. The zero-order chi connectivity index (χ0) is 10.7. The molecule has 0 aromatic carbocycles. The molecule has 1 aliphatic heterocycles. The molecule has 1 aromatic rings. The lowest BCUT2D eigenvalue weighted by Gasteiger charge is -2.31. The van der Waals surface area contributed by atoms with Crippen molar-refractivity contribution in [3.63, 3.8) is 0 Å². The van der Waals surface area contributed by atoms with Crippen LogP contribution in [0.1, 0.15) is 24.6 Å². The third kappa shape index (κ3) is 2.86. The molecule has 1 fully saturated rings. The molecule has 2 rings (SSSR count). The van der Waals surface area contributed by atoms with Gasteiger partial charge in [0.15, 0.2) is 0 Å². The third-order valence-corrected chi connectivity index (χ3v) is 3.83. The fourth-order valence-corrected chi connectivity index (χ4v) is 2.70. The van der Waals surface area contributed by atoms with Gasteiger partial charge in [-0.3, -0.25) is 9.88 Å². The first-order valence-electron chi connectivity index (χ1n) is 5.40. The van der Waals surface area contributed by atoms with E-state index >= 15 is 0 Å². The fourth-order valence-electron chi connectivity index (χ4n) is 2.06. The maximum Gasteiger partial charge on any atom is 0.0794 e. The molecule has 0 saturated carbocycles. The van der Waals surface area contributed by atoms with E-state index in [1.54, 1.807) is 11.3 Å². The Balaban J connectivity index is 1.81. The average molecular weight is 223 g/mol. The maximum atomic E-state index is 7.62. The van der Waals surface area contributed by atoms with Gasteiger partial charge in [0.25, 0.3) is 0 Å². The van der Waals surface area contributed by atoms with Gasteiger partial charge in [-0.15, -0.1) is 11.3 Å². The predicted molar refractivity (Wildman–Crippen MR) is 63.5 cm³/mol. The lowest BCUT2D eigenvalue weighted by Crippen LogP contribution is -2.34. The number of aromatic nitrogens is 1. The molecule has 0 spiro atoms. The lowest BCUT2D eigenvalue weighted by atomic mass is 9.93. The Morgan fingerprint density at radius 1 is 1.60 bits per heavy atom. The minimum atomic E-state index is 0.530. The van der Waals surface area contributed by atoms with Gasteiger partial charge in [-0.25, -0.2) is 0 Å². The summed E-state index contributed by atoms with van der Waals surface area (Å²) < 4.78 is 0. The summed E-state index contributed by atoms with van der Waals surface area (Å²) in [6.45, 7) is 5.22. The van der Waals surface area contributed by atoms with E-state index in [1.807, 2.05) is 18.6 Å². The van der Waals surface area contributed by atoms with Crippen LogP contribution >= 0.6 is 11.3 Å². The minimum absolute atomic E-state index is 0.530. The van der Waals surface area contributed by atoms with Crippen LogP contribution in [0.2, 0.25) is 0 Å². The molecule has 1 N–H and O–H groups in total. The molecule has 1 saturated heterocycles. The Morgan fingerprint density at radius 2 is 2.33 bits per heavy atom. The molecule has 0 radical (unpaired) electrons. The number of nitrogens with zero attached hydrogens (tertiary/aromatic N) is 2. The van der Waals surface area contributed by atoms with Crippen molar-refractivity contribution < 1.29 is 0 Å². The van der Waals surface area contributed by atoms with Crippen LogP contribution in [0.15, 0.2) is 11.7 Å². The van der Waals surface area contributed by atoms with Crippen molar-refractivity contribution in [1.82, 2.24) is 9.88 Å². The number of thiazole rings is 1. The second-order valence-electron chi connectivity index (χ2n) is 4.20. The van der Waals surface area contributed by atoms with E-state index < -0.39 is 0 Å². The quantitative estimate of drug-likeness (QED) is 0.799. The van der Waals surface area contributed by atoms with E-state index in [1.165, 1.54) is 4.88 Å². The van der Waals surface area contributed by atoms with E-state index in [0.29, 0.717) is 5.92 Å². The standard InChI is InChI=1S/C11H17N3S/c1-9(12)10-2-4-14(5-3-10)7-11-6-13-8-15-11/h6,8,10,12H,2-5,7H2,1H3. The smallest absolute Gasteiger partial charge is 0.0794 e. The number of nitrogens with one attached hydrogen (secondary N) is 1. The SMILES string of the molecule is CC(=N)C1CCN(Cc2cncs2)CC1. The highest BCUT2D eigenvalue weighted by Gasteiger charge is 2.20. The summed E-state index contributed by atoms with van der Waals surface area (Å²) in [5.41, 5.74) is 2.75. The van der Waals surface area contributed by atoms with Crippen molar-refractivity contribution >= 4 is 17.0 Å². The first-order valence-corrected chi connectivity index (χ1v) is 6.28. The average Bonchev–Trinajstić information content (AvgIpc) is 2.71. The summed E-state index contributed by atoms with van der Waals surface area (Å²) in [6, 6.07) is 0. The van der Waals surface area contributed by atoms with Gasteiger partial charge >= 0.3 is 0 Å². The molecule has 0 atom stereocenters. The summed E-state index contributed by atoms with van der Waals surface area (Å²) in [7, 11) is 0. The Kier molecular flexibility index (Phi) is 3.49. The zero-order valence-electron chi connectivity index (χ0n) is 9.07. The Morgan fingerprint density at radius 3 is 2.87 bits per heavy atom. The number of hydrogen-bond donors (Lipinski definition) is 1. The molecule has 15 heavy (non-hydrogen) atoms. The summed E-state index contributed by atoms with van der Waals surface area (Å²) in [5.74, 6) is 0.530. The predicted octanol–water partition coefficient (Wildman–Crippen LogP) is 2.39. The second-order valence-corrected chi connectivity index (χ2v) is 5.17. The molecule has 0 bridgehead atoms. The Labute approximate surface area is 94.7 Å². The van der Waals surface area contributed by atoms with Crippen LogP contribution in [0.25, 0.3) is 0 Å². The molecular weight excluding hydrogens is 206 g/mol. The molecule has 82 valence electrons. The van der Waals surface area contributed by atoms with E-state index in [0.717, 1.165) is 38.2 Å². The van der Waals surface area contributed by atoms with E-state index in [4.69, 9.17) is 5.41 Å². The molecule has 0 unspecified atom stereocenters. The van der Waals surface area contributed by atoms with Crippen molar-refractivity contribution in [2.75, 3.05) is 13.1 Å². The van der Waals surface area contributed by atoms with Gasteiger partial charge in [0, 0.05) is 23.3 Å². The molecule has 0 aliphatic carbocycles. The maximum absolute atomic E-state index is 7.62. The number of hydrogen-bond acceptors (Lipinski definition) is 4. The van der Waals surface area contributed by atoms with Gasteiger partial charge < -0.3 is 5.41 Å². The largest absolute Gasteiger partial charge is 0.310 e. The van der Waals surface area contributed by atoms with Crippen LogP contribution in [-0.2, 0) is 6.54 Å². The van der Waals surface area contributed by atoms with Crippen LogP contribution in [0.3, 0.4) is 0 Å². The van der Waals surface area contributed by atoms with Crippen molar-refractivity contribution in [2.45, 2.75) is 26.3 Å². The van der Waals surface area contributed by atoms with Crippen LogP contribution in [0, 0.1) is 11.3 Å². The molecule has 4 heteroatoms. The number of likely N-dealkylation sites (tertiary alicyclic amines) is 1. The molecule has 0 amide bonds. The first-order chi connectivity index (χ1) is 7.25. The molecule has 1 aromatic heterocycles. The fraction of sp³-hybridized carbons (Fsp3) is 0.636. The summed E-state index contributed by atoms with van der Waals surface area (Å²) in [5, 5.41) is 7.62. The van der Waals surface area contributed by atoms with Crippen LogP contribution in [0.5, 0.6) is 0 Å². The lowest BCUT2D eigenvalue weighted by molar-refractivity contribution is 0.203.